The van der Waals surface area contributed by atoms with Crippen LogP contribution in [-0.4, -0.2) is 11.9 Å². The molecule has 0 spiro atoms. The predicted molar refractivity (Wildman–Crippen MR) is 79.6 cm³/mol. The molecule has 0 radical (unpaired) electrons. The molecular weight excluding hydrogens is 267 g/mol. The lowest BCUT2D eigenvalue weighted by atomic mass is 9.86. The van der Waals surface area contributed by atoms with Crippen LogP contribution in [0, 0.1) is 23.1 Å². The zero-order valence-electron chi connectivity index (χ0n) is 12.1. The zero-order valence-corrected chi connectivity index (χ0v) is 12.1. The van der Waals surface area contributed by atoms with Crippen molar-refractivity contribution in [3.63, 3.8) is 0 Å². The van der Waals surface area contributed by atoms with Gasteiger partial charge in [-0.1, -0.05) is 31.9 Å². The van der Waals surface area contributed by atoms with Gasteiger partial charge in [0.15, 0.2) is 0 Å². The summed E-state index contributed by atoms with van der Waals surface area (Å²) >= 11 is 0. The van der Waals surface area contributed by atoms with Gasteiger partial charge in [0.2, 0.25) is 0 Å². The van der Waals surface area contributed by atoms with Gasteiger partial charge in [0.25, 0.3) is 5.91 Å². The highest BCUT2D eigenvalue weighted by atomic mass is 19.1. The van der Waals surface area contributed by atoms with Gasteiger partial charge in [0, 0.05) is 6.04 Å². The van der Waals surface area contributed by atoms with Crippen LogP contribution in [0.5, 0.6) is 0 Å². The van der Waals surface area contributed by atoms with Gasteiger partial charge in [-0.3, -0.25) is 4.79 Å². The van der Waals surface area contributed by atoms with E-state index in [0.717, 1.165) is 19.3 Å². The van der Waals surface area contributed by atoms with Crippen LogP contribution in [0.3, 0.4) is 0 Å². The van der Waals surface area contributed by atoms with E-state index >= 15 is 0 Å². The standard InChI is InChI=1S/C17H19FN2O/c1-12-5-2-3-8-16(12)20-17(21)14(11-19)9-13-6-4-7-15(18)10-13/h4,6-7,9-10,12,16H,2-3,5,8H2,1H3,(H,20,21)/b14-9+/t12-,16-/m1/s1. The highest BCUT2D eigenvalue weighted by Crippen LogP contribution is 2.24. The summed E-state index contributed by atoms with van der Waals surface area (Å²) in [6.07, 6.45) is 5.76. The summed E-state index contributed by atoms with van der Waals surface area (Å²) in [5.41, 5.74) is 0.525. The molecule has 3 nitrogen and oxygen atoms in total. The molecular formula is C17H19FN2O. The number of nitrogens with zero attached hydrogens (tertiary/aromatic N) is 1. The SMILES string of the molecule is C[C@@H]1CCCC[C@H]1NC(=O)/C(C#N)=C/c1cccc(F)c1. The largest absolute Gasteiger partial charge is 0.348 e. The van der Waals surface area contributed by atoms with Crippen LogP contribution >= 0.6 is 0 Å². The molecule has 1 aliphatic rings. The van der Waals surface area contributed by atoms with Gasteiger partial charge < -0.3 is 5.32 Å². The normalized spacial score (nSPS) is 22.4. The third kappa shape index (κ3) is 4.16. The first-order valence-corrected chi connectivity index (χ1v) is 7.28. The van der Waals surface area contributed by atoms with Crippen molar-refractivity contribution in [2.45, 2.75) is 38.6 Å². The number of hydrogen-bond donors (Lipinski definition) is 1. The van der Waals surface area contributed by atoms with E-state index in [-0.39, 0.29) is 23.3 Å². The molecule has 2 atom stereocenters. The van der Waals surface area contributed by atoms with Gasteiger partial charge in [0.1, 0.15) is 17.5 Å². The van der Waals surface area contributed by atoms with E-state index in [2.05, 4.69) is 12.2 Å². The molecule has 110 valence electrons. The lowest BCUT2D eigenvalue weighted by Gasteiger charge is -2.29. The molecule has 0 unspecified atom stereocenters. The number of carbonyl (C=O) groups excluding carboxylic acids is 1. The van der Waals surface area contributed by atoms with Crippen LogP contribution < -0.4 is 5.32 Å². The van der Waals surface area contributed by atoms with Crippen LogP contribution in [-0.2, 0) is 4.79 Å². The molecule has 1 aromatic carbocycles. The highest BCUT2D eigenvalue weighted by molar-refractivity contribution is 6.01. The molecule has 21 heavy (non-hydrogen) atoms. The lowest BCUT2D eigenvalue weighted by molar-refractivity contribution is -0.118. The first-order valence-electron chi connectivity index (χ1n) is 7.28. The van der Waals surface area contributed by atoms with Crippen LogP contribution in [0.15, 0.2) is 29.8 Å². The Labute approximate surface area is 124 Å². The van der Waals surface area contributed by atoms with Gasteiger partial charge in [0.05, 0.1) is 0 Å². The number of nitrogens with one attached hydrogen (secondary N) is 1. The van der Waals surface area contributed by atoms with E-state index in [1.165, 1.54) is 24.6 Å². The molecule has 0 bridgehead atoms. The topological polar surface area (TPSA) is 52.9 Å². The zero-order chi connectivity index (χ0) is 15.2. The van der Waals surface area contributed by atoms with E-state index in [0.29, 0.717) is 11.5 Å². The molecule has 0 aliphatic heterocycles. The third-order valence-electron chi connectivity index (χ3n) is 3.95. The minimum absolute atomic E-state index is 0.0124. The number of hydrogen-bond acceptors (Lipinski definition) is 2. The van der Waals surface area contributed by atoms with E-state index in [1.807, 2.05) is 6.07 Å². The van der Waals surface area contributed by atoms with Crippen molar-refractivity contribution in [2.75, 3.05) is 0 Å². The molecule has 1 saturated carbocycles. The minimum Gasteiger partial charge on any atom is -0.348 e. The Kier molecular flexibility index (Phi) is 5.10. The Morgan fingerprint density at radius 1 is 1.43 bits per heavy atom. The fourth-order valence-corrected chi connectivity index (χ4v) is 2.69. The van der Waals surface area contributed by atoms with Gasteiger partial charge in [-0.2, -0.15) is 5.26 Å². The summed E-state index contributed by atoms with van der Waals surface area (Å²) in [4.78, 5) is 12.2. The summed E-state index contributed by atoms with van der Waals surface area (Å²) < 4.78 is 13.1. The first-order chi connectivity index (χ1) is 10.1. The summed E-state index contributed by atoms with van der Waals surface area (Å²) in [5.74, 6) is -0.334. The van der Waals surface area contributed by atoms with E-state index < -0.39 is 0 Å². The maximum absolute atomic E-state index is 13.1. The lowest BCUT2D eigenvalue weighted by Crippen LogP contribution is -2.41. The van der Waals surface area contributed by atoms with Crippen LogP contribution in [0.25, 0.3) is 6.08 Å². The van der Waals surface area contributed by atoms with E-state index in [4.69, 9.17) is 5.26 Å². The average Bonchev–Trinajstić information content (AvgIpc) is 2.47. The second-order valence-corrected chi connectivity index (χ2v) is 5.57. The number of carbonyl (C=O) groups is 1. The van der Waals surface area contributed by atoms with Crippen molar-refractivity contribution in [2.24, 2.45) is 5.92 Å². The highest BCUT2D eigenvalue weighted by Gasteiger charge is 2.23. The molecule has 1 amide bonds. The summed E-state index contributed by atoms with van der Waals surface area (Å²) in [5, 5.41) is 12.1. The number of rotatable bonds is 3. The van der Waals surface area contributed by atoms with Gasteiger partial charge in [-0.05, 0) is 42.5 Å². The summed E-state index contributed by atoms with van der Waals surface area (Å²) in [6.45, 7) is 2.12. The second kappa shape index (κ2) is 7.03. The number of benzene rings is 1. The molecule has 2 rings (SSSR count). The predicted octanol–water partition coefficient (Wildman–Crippen LogP) is 3.43. The van der Waals surface area contributed by atoms with Crippen molar-refractivity contribution in [3.05, 3.63) is 41.2 Å². The Bertz CT molecular complexity index is 589. The Morgan fingerprint density at radius 2 is 2.19 bits per heavy atom. The van der Waals surface area contributed by atoms with Gasteiger partial charge in [-0.15, -0.1) is 0 Å². The molecule has 1 aliphatic carbocycles. The molecule has 1 N–H and O–H groups in total. The number of halogens is 1. The van der Waals surface area contributed by atoms with Crippen LogP contribution in [0.4, 0.5) is 4.39 Å². The molecule has 0 heterocycles. The number of nitriles is 1. The molecule has 0 saturated heterocycles. The van der Waals surface area contributed by atoms with Gasteiger partial charge in [-0.25, -0.2) is 4.39 Å². The first kappa shape index (κ1) is 15.2. The molecule has 1 aromatic rings. The van der Waals surface area contributed by atoms with E-state index in [9.17, 15) is 9.18 Å². The van der Waals surface area contributed by atoms with Crippen LogP contribution in [0.2, 0.25) is 0 Å². The van der Waals surface area contributed by atoms with Crippen molar-refractivity contribution >= 4 is 12.0 Å². The summed E-state index contributed by atoms with van der Waals surface area (Å²) in [6, 6.07) is 7.86. The van der Waals surface area contributed by atoms with Crippen LogP contribution in [0.1, 0.15) is 38.2 Å². The fourth-order valence-electron chi connectivity index (χ4n) is 2.69. The van der Waals surface area contributed by atoms with Crippen molar-refractivity contribution in [1.82, 2.24) is 5.32 Å². The van der Waals surface area contributed by atoms with Crippen molar-refractivity contribution < 1.29 is 9.18 Å². The number of amides is 1. The maximum Gasteiger partial charge on any atom is 0.262 e. The molecule has 4 heteroatoms. The van der Waals surface area contributed by atoms with Crippen molar-refractivity contribution in [1.29, 1.82) is 5.26 Å². The smallest absolute Gasteiger partial charge is 0.262 e. The third-order valence-corrected chi connectivity index (χ3v) is 3.95. The molecule has 0 aromatic heterocycles. The average molecular weight is 286 g/mol. The minimum atomic E-state index is -0.387. The Hall–Kier alpha value is -2.15. The Morgan fingerprint density at radius 3 is 2.86 bits per heavy atom. The van der Waals surface area contributed by atoms with Gasteiger partial charge >= 0.3 is 0 Å². The molecule has 1 fully saturated rings. The van der Waals surface area contributed by atoms with Crippen molar-refractivity contribution in [3.8, 4) is 6.07 Å². The second-order valence-electron chi connectivity index (χ2n) is 5.57. The van der Waals surface area contributed by atoms with E-state index in [1.54, 1.807) is 12.1 Å². The maximum atomic E-state index is 13.1. The quantitative estimate of drug-likeness (QED) is 0.683. The fraction of sp³-hybridized carbons (Fsp3) is 0.412. The monoisotopic (exact) mass is 286 g/mol. The summed E-state index contributed by atoms with van der Waals surface area (Å²) in [7, 11) is 0. The Balaban J connectivity index is 2.10.